The molecular formula is C13H19N3O3. The molecule has 0 aromatic heterocycles. The molecule has 0 aliphatic heterocycles. The molecule has 6 heteroatoms. The van der Waals surface area contributed by atoms with E-state index in [0.29, 0.717) is 24.9 Å². The molecule has 1 aromatic rings. The summed E-state index contributed by atoms with van der Waals surface area (Å²) in [5.74, 6) is -0.208. The standard InChI is InChI=1S/C13H19N3O3/c1-2-5-11(14)13(17)15-9-8-10-6-3-4-7-12(10)16(18)19/h3-4,6-7,11H,2,5,8-9,14H2,1H3,(H,15,17). The van der Waals surface area contributed by atoms with Crippen LogP contribution in [0.15, 0.2) is 24.3 Å². The highest BCUT2D eigenvalue weighted by molar-refractivity contribution is 5.81. The Labute approximate surface area is 112 Å². The number of nitro benzene ring substituents is 1. The average Bonchev–Trinajstić information content (AvgIpc) is 2.39. The summed E-state index contributed by atoms with van der Waals surface area (Å²) in [7, 11) is 0. The number of nitrogens with one attached hydrogen (secondary N) is 1. The van der Waals surface area contributed by atoms with Crippen LogP contribution in [0.3, 0.4) is 0 Å². The molecule has 1 atom stereocenters. The zero-order valence-corrected chi connectivity index (χ0v) is 11.0. The second kappa shape index (κ2) is 7.48. The number of hydrogen-bond donors (Lipinski definition) is 2. The van der Waals surface area contributed by atoms with E-state index in [-0.39, 0.29) is 11.6 Å². The molecule has 19 heavy (non-hydrogen) atoms. The molecule has 0 aliphatic carbocycles. The van der Waals surface area contributed by atoms with Gasteiger partial charge in [0.15, 0.2) is 0 Å². The number of nitrogens with zero attached hydrogens (tertiary/aromatic N) is 1. The molecule has 1 rings (SSSR count). The first kappa shape index (κ1) is 15.1. The zero-order chi connectivity index (χ0) is 14.3. The SMILES string of the molecule is CCCC(N)C(=O)NCCc1ccccc1[N+](=O)[O-]. The van der Waals surface area contributed by atoms with Crippen LogP contribution in [0.25, 0.3) is 0 Å². The summed E-state index contributed by atoms with van der Waals surface area (Å²) in [5.41, 5.74) is 6.35. The number of para-hydroxylation sites is 1. The summed E-state index contributed by atoms with van der Waals surface area (Å²) in [6, 6.07) is 6.01. The van der Waals surface area contributed by atoms with Crippen molar-refractivity contribution in [3.8, 4) is 0 Å². The van der Waals surface area contributed by atoms with Crippen LogP contribution in [0, 0.1) is 10.1 Å². The number of rotatable bonds is 7. The number of nitro groups is 1. The van der Waals surface area contributed by atoms with E-state index in [1.165, 1.54) is 6.07 Å². The van der Waals surface area contributed by atoms with Crippen LogP contribution in [0.5, 0.6) is 0 Å². The fourth-order valence-corrected chi connectivity index (χ4v) is 1.79. The van der Waals surface area contributed by atoms with Gasteiger partial charge in [-0.3, -0.25) is 14.9 Å². The third-order valence-electron chi connectivity index (χ3n) is 2.82. The third-order valence-corrected chi connectivity index (χ3v) is 2.82. The van der Waals surface area contributed by atoms with Crippen molar-refractivity contribution in [2.24, 2.45) is 5.73 Å². The maximum Gasteiger partial charge on any atom is 0.272 e. The summed E-state index contributed by atoms with van der Waals surface area (Å²) < 4.78 is 0. The highest BCUT2D eigenvalue weighted by atomic mass is 16.6. The minimum absolute atomic E-state index is 0.0783. The minimum atomic E-state index is -0.504. The van der Waals surface area contributed by atoms with Gasteiger partial charge in [-0.15, -0.1) is 0 Å². The van der Waals surface area contributed by atoms with Gasteiger partial charge in [0, 0.05) is 18.2 Å². The Morgan fingerprint density at radius 2 is 2.16 bits per heavy atom. The predicted molar refractivity (Wildman–Crippen MR) is 72.7 cm³/mol. The summed E-state index contributed by atoms with van der Waals surface area (Å²) in [4.78, 5) is 22.0. The molecule has 0 bridgehead atoms. The smallest absolute Gasteiger partial charge is 0.272 e. The fourth-order valence-electron chi connectivity index (χ4n) is 1.79. The average molecular weight is 265 g/mol. The van der Waals surface area contributed by atoms with Gasteiger partial charge < -0.3 is 11.1 Å². The molecule has 1 aromatic carbocycles. The van der Waals surface area contributed by atoms with Gasteiger partial charge in [-0.2, -0.15) is 0 Å². The van der Waals surface area contributed by atoms with Crippen molar-refractivity contribution >= 4 is 11.6 Å². The molecule has 0 saturated heterocycles. The lowest BCUT2D eigenvalue weighted by atomic mass is 10.1. The van der Waals surface area contributed by atoms with E-state index in [1.807, 2.05) is 6.92 Å². The zero-order valence-electron chi connectivity index (χ0n) is 11.0. The number of carbonyl (C=O) groups is 1. The molecular weight excluding hydrogens is 246 g/mol. The first-order chi connectivity index (χ1) is 9.06. The second-order valence-corrected chi connectivity index (χ2v) is 4.32. The summed E-state index contributed by atoms with van der Waals surface area (Å²) >= 11 is 0. The van der Waals surface area contributed by atoms with Crippen molar-refractivity contribution < 1.29 is 9.72 Å². The highest BCUT2D eigenvalue weighted by Crippen LogP contribution is 2.17. The van der Waals surface area contributed by atoms with Gasteiger partial charge in [-0.05, 0) is 12.8 Å². The van der Waals surface area contributed by atoms with E-state index in [4.69, 9.17) is 5.73 Å². The van der Waals surface area contributed by atoms with Crippen LogP contribution in [0.1, 0.15) is 25.3 Å². The van der Waals surface area contributed by atoms with Crippen LogP contribution in [-0.2, 0) is 11.2 Å². The van der Waals surface area contributed by atoms with E-state index in [1.54, 1.807) is 18.2 Å². The van der Waals surface area contributed by atoms with Crippen molar-refractivity contribution in [3.63, 3.8) is 0 Å². The summed E-state index contributed by atoms with van der Waals surface area (Å²) in [6.45, 7) is 2.31. The number of nitrogens with two attached hydrogens (primary N) is 1. The molecule has 104 valence electrons. The second-order valence-electron chi connectivity index (χ2n) is 4.32. The summed E-state index contributed by atoms with van der Waals surface area (Å²) in [5, 5.41) is 13.5. The largest absolute Gasteiger partial charge is 0.354 e. The van der Waals surface area contributed by atoms with E-state index < -0.39 is 11.0 Å². The van der Waals surface area contributed by atoms with Gasteiger partial charge in [0.05, 0.1) is 11.0 Å². The normalized spacial score (nSPS) is 11.9. The van der Waals surface area contributed by atoms with Gasteiger partial charge in [0.1, 0.15) is 0 Å². The molecule has 0 fully saturated rings. The number of hydrogen-bond acceptors (Lipinski definition) is 4. The van der Waals surface area contributed by atoms with E-state index in [0.717, 1.165) is 6.42 Å². The molecule has 1 unspecified atom stereocenters. The topological polar surface area (TPSA) is 98.3 Å². The number of amides is 1. The molecule has 3 N–H and O–H groups in total. The molecule has 1 amide bonds. The molecule has 6 nitrogen and oxygen atoms in total. The maximum atomic E-state index is 11.6. The Balaban J connectivity index is 2.50. The van der Waals surface area contributed by atoms with E-state index >= 15 is 0 Å². The van der Waals surface area contributed by atoms with Crippen molar-refractivity contribution in [3.05, 3.63) is 39.9 Å². The van der Waals surface area contributed by atoms with E-state index in [2.05, 4.69) is 5.32 Å². The molecule has 0 spiro atoms. The Kier molecular flexibility index (Phi) is 5.95. The fraction of sp³-hybridized carbons (Fsp3) is 0.462. The molecule has 0 saturated carbocycles. The van der Waals surface area contributed by atoms with Crippen LogP contribution in [0.4, 0.5) is 5.69 Å². The lowest BCUT2D eigenvalue weighted by Gasteiger charge is -2.11. The lowest BCUT2D eigenvalue weighted by molar-refractivity contribution is -0.385. The minimum Gasteiger partial charge on any atom is -0.354 e. The lowest BCUT2D eigenvalue weighted by Crippen LogP contribution is -2.41. The number of carbonyl (C=O) groups excluding carboxylic acids is 1. The monoisotopic (exact) mass is 265 g/mol. The van der Waals surface area contributed by atoms with Gasteiger partial charge in [0.2, 0.25) is 5.91 Å². The first-order valence-corrected chi connectivity index (χ1v) is 6.31. The number of benzene rings is 1. The van der Waals surface area contributed by atoms with Gasteiger partial charge in [0.25, 0.3) is 5.69 Å². The third kappa shape index (κ3) is 4.67. The first-order valence-electron chi connectivity index (χ1n) is 6.31. The quantitative estimate of drug-likeness (QED) is 0.574. The van der Waals surface area contributed by atoms with Gasteiger partial charge in [-0.1, -0.05) is 31.5 Å². The van der Waals surface area contributed by atoms with Crippen LogP contribution in [0.2, 0.25) is 0 Å². The predicted octanol–water partition coefficient (Wildman–Crippen LogP) is 1.38. The van der Waals surface area contributed by atoms with Gasteiger partial charge in [-0.25, -0.2) is 0 Å². The maximum absolute atomic E-state index is 11.6. The van der Waals surface area contributed by atoms with Gasteiger partial charge >= 0.3 is 0 Å². The Morgan fingerprint density at radius 1 is 1.47 bits per heavy atom. The van der Waals surface area contributed by atoms with Crippen molar-refractivity contribution in [2.75, 3.05) is 6.54 Å². The molecule has 0 aliphatic rings. The Bertz CT molecular complexity index is 449. The Morgan fingerprint density at radius 3 is 2.79 bits per heavy atom. The van der Waals surface area contributed by atoms with Crippen LogP contribution < -0.4 is 11.1 Å². The molecule has 0 heterocycles. The van der Waals surface area contributed by atoms with Crippen molar-refractivity contribution in [2.45, 2.75) is 32.2 Å². The van der Waals surface area contributed by atoms with Crippen molar-refractivity contribution in [1.29, 1.82) is 0 Å². The molecule has 0 radical (unpaired) electrons. The van der Waals surface area contributed by atoms with E-state index in [9.17, 15) is 14.9 Å². The van der Waals surface area contributed by atoms with Crippen molar-refractivity contribution in [1.82, 2.24) is 5.32 Å². The summed E-state index contributed by atoms with van der Waals surface area (Å²) in [6.07, 6.45) is 1.90. The highest BCUT2D eigenvalue weighted by Gasteiger charge is 2.14. The Hall–Kier alpha value is -1.95. The van der Waals surface area contributed by atoms with Crippen LogP contribution in [-0.4, -0.2) is 23.4 Å². The van der Waals surface area contributed by atoms with Crippen LogP contribution >= 0.6 is 0 Å².